The predicted octanol–water partition coefficient (Wildman–Crippen LogP) is -5.41. The predicted molar refractivity (Wildman–Crippen MR) is 124 cm³/mol. The number of β-amino-alcohol motifs (C(OH)–C–C–N with tert-alkyl or cyclic N) is 1. The topological polar surface area (TPSA) is 260 Å². The molecule has 12 N–H and O–H groups in total. The maximum absolute atomic E-state index is 12.7. The second kappa shape index (κ2) is 12.0. The normalized spacial score (nSPS) is 34.8. The number of piperidine rings is 1. The first kappa shape index (κ1) is 27.8. The van der Waals surface area contributed by atoms with E-state index in [9.17, 15) is 29.7 Å². The van der Waals surface area contributed by atoms with Gasteiger partial charge in [-0.2, -0.15) is 0 Å². The molecule has 0 aromatic carbocycles. The number of carbonyl (C=O) groups excluding carboxylic acids is 3. The molecule has 3 aliphatic heterocycles. The number of fused-ring (bicyclic) bond motifs is 1. The largest absolute Gasteiger partial charge is 0.441 e. The van der Waals surface area contributed by atoms with E-state index in [1.165, 1.54) is 4.90 Å². The number of carbonyl (C=O) groups is 3. The summed E-state index contributed by atoms with van der Waals surface area (Å²) in [5, 5.41) is 39.5. The maximum Gasteiger partial charge on any atom is 0.404 e. The number of likely N-dealkylation sites (N-methyl/N-ethyl adjacent to an activating group) is 1. The third kappa shape index (κ3) is 6.32. The lowest BCUT2D eigenvalue weighted by atomic mass is 9.95. The number of ether oxygens (including phenoxy) is 2. The molecule has 9 atom stereocenters. The monoisotopic (exact) mass is 516 g/mol. The standard InChI is InChI=1S/C20H36N8O8/c1-28-6-9(30)12-13(18(28)33)26-20(25-12)27-17-14(24-11(31)5-8(22)3-2-4-21)15(32)16(36-19(23)34)10(7-29)35-17/h8-10,12-17,29-30,32H,2-7,21-22H2,1H3,(H2,23,34)(H,24,31)(H2,25,26,27)/t8?,9-,10?,12-,13+,14?,15?,16?,17?/m1/s1. The Kier molecular flexibility index (Phi) is 9.26. The molecule has 3 amide bonds. The van der Waals surface area contributed by atoms with Gasteiger partial charge in [0, 0.05) is 26.1 Å². The molecule has 0 aromatic heterocycles. The van der Waals surface area contributed by atoms with Crippen molar-refractivity contribution in [3.05, 3.63) is 0 Å². The van der Waals surface area contributed by atoms with Crippen molar-refractivity contribution in [2.24, 2.45) is 22.2 Å². The number of primary amides is 1. The van der Waals surface area contributed by atoms with Gasteiger partial charge in [0.25, 0.3) is 0 Å². The van der Waals surface area contributed by atoms with E-state index in [4.69, 9.17) is 26.7 Å². The second-order valence-electron chi connectivity index (χ2n) is 9.18. The molecule has 3 heterocycles. The van der Waals surface area contributed by atoms with Crippen molar-refractivity contribution in [2.45, 2.75) is 74.1 Å². The Balaban J connectivity index is 1.78. The minimum Gasteiger partial charge on any atom is -0.441 e. The third-order valence-electron chi connectivity index (χ3n) is 6.40. The lowest BCUT2D eigenvalue weighted by Gasteiger charge is -2.44. The molecule has 2 saturated heterocycles. The first-order valence-electron chi connectivity index (χ1n) is 11.7. The fraction of sp³-hybridized carbons (Fsp3) is 0.800. The first-order valence-corrected chi connectivity index (χ1v) is 11.7. The molecule has 0 spiro atoms. The zero-order chi connectivity index (χ0) is 26.6. The highest BCUT2D eigenvalue weighted by Gasteiger charge is 2.50. The van der Waals surface area contributed by atoms with Crippen LogP contribution in [0.1, 0.15) is 19.3 Å². The first-order chi connectivity index (χ1) is 17.0. The molecule has 2 fully saturated rings. The van der Waals surface area contributed by atoms with Crippen LogP contribution < -0.4 is 33.2 Å². The van der Waals surface area contributed by atoms with Crippen LogP contribution in [0, 0.1) is 0 Å². The quantitative estimate of drug-likeness (QED) is 0.139. The van der Waals surface area contributed by atoms with E-state index in [2.05, 4.69) is 20.9 Å². The van der Waals surface area contributed by atoms with Crippen LogP contribution in [0.15, 0.2) is 4.99 Å². The Hall–Kier alpha value is -2.76. The van der Waals surface area contributed by atoms with Gasteiger partial charge >= 0.3 is 6.09 Å². The summed E-state index contributed by atoms with van der Waals surface area (Å²) >= 11 is 0. The maximum atomic E-state index is 12.7. The number of amides is 3. The van der Waals surface area contributed by atoms with Gasteiger partial charge in [-0.15, -0.1) is 0 Å². The minimum atomic E-state index is -1.55. The number of rotatable bonds is 9. The highest BCUT2D eigenvalue weighted by Crippen LogP contribution is 2.24. The minimum absolute atomic E-state index is 0.0723. The molecule has 0 radical (unpaired) electrons. The number of hydrogen-bond acceptors (Lipinski definition) is 13. The van der Waals surface area contributed by atoms with Gasteiger partial charge in [-0.1, -0.05) is 0 Å². The van der Waals surface area contributed by atoms with E-state index in [1.807, 2.05) is 0 Å². The lowest BCUT2D eigenvalue weighted by molar-refractivity contribution is -0.198. The zero-order valence-corrected chi connectivity index (χ0v) is 19.9. The van der Waals surface area contributed by atoms with Crippen LogP contribution in [0.2, 0.25) is 0 Å². The van der Waals surface area contributed by atoms with Crippen molar-refractivity contribution in [1.82, 2.24) is 20.9 Å². The van der Waals surface area contributed by atoms with E-state index in [0.29, 0.717) is 19.4 Å². The highest BCUT2D eigenvalue weighted by atomic mass is 16.6. The third-order valence-corrected chi connectivity index (χ3v) is 6.40. The molecule has 0 aromatic rings. The average Bonchev–Trinajstić information content (AvgIpc) is 3.24. The number of nitrogens with two attached hydrogens (primary N) is 3. The lowest BCUT2D eigenvalue weighted by Crippen LogP contribution is -2.70. The summed E-state index contributed by atoms with van der Waals surface area (Å²) in [6.45, 7) is -0.101. The number of aliphatic hydroxyl groups excluding tert-OH is 3. The molecular formula is C20H36N8O8. The van der Waals surface area contributed by atoms with Gasteiger partial charge in [-0.05, 0) is 19.4 Å². The van der Waals surface area contributed by atoms with E-state index in [0.717, 1.165) is 0 Å². The van der Waals surface area contributed by atoms with Crippen LogP contribution >= 0.6 is 0 Å². The Labute approximate surface area is 207 Å². The number of aliphatic hydroxyl groups is 3. The van der Waals surface area contributed by atoms with Gasteiger partial charge in [-0.25, -0.2) is 9.79 Å². The van der Waals surface area contributed by atoms with Crippen LogP contribution in [0.4, 0.5) is 4.79 Å². The summed E-state index contributed by atoms with van der Waals surface area (Å²) < 4.78 is 10.7. The molecule has 204 valence electrons. The van der Waals surface area contributed by atoms with E-state index in [-0.39, 0.29) is 24.8 Å². The van der Waals surface area contributed by atoms with Crippen LogP contribution in [-0.4, -0.2) is 126 Å². The molecule has 16 nitrogen and oxygen atoms in total. The molecule has 3 rings (SSSR count). The van der Waals surface area contributed by atoms with Gasteiger partial charge in [-0.3, -0.25) is 9.59 Å². The molecule has 0 saturated carbocycles. The fourth-order valence-electron chi connectivity index (χ4n) is 4.56. The number of guanidine groups is 1. The fourth-order valence-corrected chi connectivity index (χ4v) is 4.56. The van der Waals surface area contributed by atoms with Crippen molar-refractivity contribution in [1.29, 1.82) is 0 Å². The van der Waals surface area contributed by atoms with Crippen molar-refractivity contribution in [3.63, 3.8) is 0 Å². The average molecular weight is 517 g/mol. The van der Waals surface area contributed by atoms with Gasteiger partial charge in [0.1, 0.15) is 18.2 Å². The van der Waals surface area contributed by atoms with E-state index in [1.54, 1.807) is 7.05 Å². The van der Waals surface area contributed by atoms with Gasteiger partial charge in [0.15, 0.2) is 24.3 Å². The van der Waals surface area contributed by atoms with E-state index >= 15 is 0 Å². The van der Waals surface area contributed by atoms with Crippen LogP contribution in [0.3, 0.4) is 0 Å². The van der Waals surface area contributed by atoms with Gasteiger partial charge < -0.3 is 62.8 Å². The van der Waals surface area contributed by atoms with Crippen LogP contribution in [-0.2, 0) is 19.1 Å². The zero-order valence-electron chi connectivity index (χ0n) is 19.9. The number of nitrogens with one attached hydrogen (secondary N) is 3. The Morgan fingerprint density at radius 1 is 1.39 bits per heavy atom. The Morgan fingerprint density at radius 3 is 2.75 bits per heavy atom. The van der Waals surface area contributed by atoms with Gasteiger partial charge in [0.2, 0.25) is 11.8 Å². The number of nitrogens with zero attached hydrogens (tertiary/aromatic N) is 2. The summed E-state index contributed by atoms with van der Waals surface area (Å²) in [4.78, 5) is 42.2. The molecule has 3 aliphatic rings. The molecule has 6 unspecified atom stereocenters. The van der Waals surface area contributed by atoms with Crippen molar-refractivity contribution in [2.75, 3.05) is 26.7 Å². The van der Waals surface area contributed by atoms with E-state index < -0.39 is 73.4 Å². The van der Waals surface area contributed by atoms with Crippen LogP contribution in [0.5, 0.6) is 0 Å². The Morgan fingerprint density at radius 2 is 2.11 bits per heavy atom. The van der Waals surface area contributed by atoms with Crippen molar-refractivity contribution in [3.8, 4) is 0 Å². The van der Waals surface area contributed by atoms with Crippen LogP contribution in [0.25, 0.3) is 0 Å². The summed E-state index contributed by atoms with van der Waals surface area (Å²) in [6, 6.07) is -3.25. The molecular weight excluding hydrogens is 480 g/mol. The van der Waals surface area contributed by atoms with Crippen molar-refractivity contribution >= 4 is 23.9 Å². The highest BCUT2D eigenvalue weighted by molar-refractivity contribution is 5.92. The summed E-state index contributed by atoms with van der Waals surface area (Å²) in [7, 11) is 1.55. The second-order valence-corrected chi connectivity index (χ2v) is 9.18. The smallest absolute Gasteiger partial charge is 0.404 e. The number of likely N-dealkylation sites (tertiary alicyclic amines) is 1. The SMILES string of the molecule is CN1C[C@@H](O)[C@H]2NC(NC3OC(CO)C(OC(N)=O)C(O)C3NC(=O)CC(N)CCCN)=N[C@@H]2C1=O. The number of aliphatic imine (C=N–C) groups is 1. The summed E-state index contributed by atoms with van der Waals surface area (Å²) in [5.74, 6) is -0.727. The molecule has 16 heteroatoms. The molecule has 0 bridgehead atoms. The summed E-state index contributed by atoms with van der Waals surface area (Å²) in [5.41, 5.74) is 16.6. The number of hydrogen-bond donors (Lipinski definition) is 9. The Bertz CT molecular complexity index is 847. The molecule has 36 heavy (non-hydrogen) atoms. The van der Waals surface area contributed by atoms with Crippen molar-refractivity contribution < 1.29 is 39.2 Å². The summed E-state index contributed by atoms with van der Waals surface area (Å²) in [6.07, 6.45) is -6.34. The molecule has 0 aliphatic carbocycles. The van der Waals surface area contributed by atoms with Gasteiger partial charge in [0.05, 0.1) is 18.8 Å².